The van der Waals surface area contributed by atoms with Crippen molar-refractivity contribution in [2.75, 3.05) is 12.4 Å². The summed E-state index contributed by atoms with van der Waals surface area (Å²) in [5, 5.41) is 2.86. The minimum absolute atomic E-state index is 0.0106. The Hall–Kier alpha value is -2.04. The highest BCUT2D eigenvalue weighted by Crippen LogP contribution is 2.23. The van der Waals surface area contributed by atoms with Crippen LogP contribution in [0.1, 0.15) is 120 Å². The molecule has 5 heteroatoms. The summed E-state index contributed by atoms with van der Waals surface area (Å²) in [4.78, 5) is 23.5. The largest absolute Gasteiger partial charge is 0.496 e. The van der Waals surface area contributed by atoms with E-state index in [0.717, 1.165) is 12.8 Å². The lowest BCUT2D eigenvalue weighted by Gasteiger charge is -2.10. The van der Waals surface area contributed by atoms with Crippen LogP contribution < -0.4 is 15.8 Å². The smallest absolute Gasteiger partial charge is 0.252 e. The van der Waals surface area contributed by atoms with Gasteiger partial charge in [-0.1, -0.05) is 96.8 Å². The molecule has 0 spiro atoms. The van der Waals surface area contributed by atoms with Gasteiger partial charge >= 0.3 is 0 Å². The fraction of sp³-hybridized carbons (Fsp3) is 0.692. The first-order valence-electron chi connectivity index (χ1n) is 12.4. The van der Waals surface area contributed by atoms with Gasteiger partial charge in [0.15, 0.2) is 0 Å². The number of primary amides is 1. The molecule has 0 saturated heterocycles. The maximum Gasteiger partial charge on any atom is 0.252 e. The van der Waals surface area contributed by atoms with Crippen molar-refractivity contribution in [3.8, 4) is 5.75 Å². The minimum atomic E-state index is -0.549. The summed E-state index contributed by atoms with van der Waals surface area (Å²) in [6.07, 6.45) is 20.2. The van der Waals surface area contributed by atoms with Crippen LogP contribution in [-0.4, -0.2) is 18.9 Å². The van der Waals surface area contributed by atoms with Crippen LogP contribution in [0.25, 0.3) is 0 Å². The van der Waals surface area contributed by atoms with E-state index < -0.39 is 5.91 Å². The van der Waals surface area contributed by atoms with Crippen LogP contribution in [0.3, 0.4) is 0 Å². The fourth-order valence-corrected chi connectivity index (χ4v) is 3.85. The van der Waals surface area contributed by atoms with E-state index in [4.69, 9.17) is 10.5 Å². The van der Waals surface area contributed by atoms with Crippen molar-refractivity contribution < 1.29 is 14.3 Å². The molecule has 1 aromatic rings. The molecule has 0 aliphatic rings. The summed E-state index contributed by atoms with van der Waals surface area (Å²) in [7, 11) is 1.48. The fourth-order valence-electron chi connectivity index (χ4n) is 3.85. The Morgan fingerprint density at radius 1 is 0.806 bits per heavy atom. The van der Waals surface area contributed by atoms with Crippen LogP contribution >= 0.6 is 0 Å². The standard InChI is InChI=1S/C26H44N2O3/c1-3-4-5-6-7-8-9-10-11-12-13-14-15-16-17-18-25(29)28-22-19-20-23(26(27)30)24(21-22)31-2/h19-21H,3-18H2,1-2H3,(H2,27,30)(H,28,29). The number of hydrogen-bond acceptors (Lipinski definition) is 3. The summed E-state index contributed by atoms with van der Waals surface area (Å²) >= 11 is 0. The highest BCUT2D eigenvalue weighted by Gasteiger charge is 2.10. The Labute approximate surface area is 189 Å². The molecule has 0 saturated carbocycles. The quantitative estimate of drug-likeness (QED) is 0.231. The molecule has 0 bridgehead atoms. The second kappa shape index (κ2) is 17.6. The summed E-state index contributed by atoms with van der Waals surface area (Å²) in [5.41, 5.74) is 6.23. The van der Waals surface area contributed by atoms with Crippen molar-refractivity contribution in [2.45, 2.75) is 110 Å². The van der Waals surface area contributed by atoms with Gasteiger partial charge in [0, 0.05) is 18.2 Å². The number of benzene rings is 1. The number of methoxy groups -OCH3 is 1. The molecule has 0 heterocycles. The zero-order valence-corrected chi connectivity index (χ0v) is 19.8. The molecule has 31 heavy (non-hydrogen) atoms. The van der Waals surface area contributed by atoms with E-state index in [9.17, 15) is 9.59 Å². The Balaban J connectivity index is 1.99. The van der Waals surface area contributed by atoms with E-state index in [1.54, 1.807) is 18.2 Å². The molecular formula is C26H44N2O3. The van der Waals surface area contributed by atoms with Gasteiger partial charge in [0.2, 0.25) is 5.91 Å². The lowest BCUT2D eigenvalue weighted by Crippen LogP contribution is -2.14. The molecule has 0 unspecified atom stereocenters. The number of anilines is 1. The molecule has 1 rings (SSSR count). The number of carbonyl (C=O) groups is 2. The van der Waals surface area contributed by atoms with Crippen molar-refractivity contribution in [1.29, 1.82) is 0 Å². The first-order chi connectivity index (χ1) is 15.1. The van der Waals surface area contributed by atoms with E-state index in [2.05, 4.69) is 12.2 Å². The van der Waals surface area contributed by atoms with Crippen LogP contribution in [0.4, 0.5) is 5.69 Å². The van der Waals surface area contributed by atoms with Gasteiger partial charge < -0.3 is 15.8 Å². The van der Waals surface area contributed by atoms with Gasteiger partial charge in [-0.2, -0.15) is 0 Å². The molecule has 1 aromatic carbocycles. The third-order valence-electron chi connectivity index (χ3n) is 5.76. The van der Waals surface area contributed by atoms with Crippen LogP contribution in [0.5, 0.6) is 5.75 Å². The van der Waals surface area contributed by atoms with Crippen LogP contribution in [0.15, 0.2) is 18.2 Å². The van der Waals surface area contributed by atoms with Gasteiger partial charge in [0.25, 0.3) is 5.91 Å². The Morgan fingerprint density at radius 2 is 1.29 bits per heavy atom. The average molecular weight is 433 g/mol. The van der Waals surface area contributed by atoms with Gasteiger partial charge in [0.05, 0.1) is 12.7 Å². The number of nitrogens with two attached hydrogens (primary N) is 1. The van der Waals surface area contributed by atoms with Gasteiger partial charge in [-0.3, -0.25) is 9.59 Å². The highest BCUT2D eigenvalue weighted by molar-refractivity contribution is 5.97. The van der Waals surface area contributed by atoms with E-state index in [1.807, 2.05) is 0 Å². The average Bonchev–Trinajstić information content (AvgIpc) is 2.76. The molecule has 176 valence electrons. The Bertz CT molecular complexity index is 631. The third kappa shape index (κ3) is 13.1. The monoisotopic (exact) mass is 432 g/mol. The maximum atomic E-state index is 12.1. The molecular weight excluding hydrogens is 388 g/mol. The van der Waals surface area contributed by atoms with Gasteiger partial charge in [-0.25, -0.2) is 0 Å². The number of amides is 2. The summed E-state index contributed by atoms with van der Waals surface area (Å²) < 4.78 is 5.17. The van der Waals surface area contributed by atoms with Crippen LogP contribution in [-0.2, 0) is 4.79 Å². The van der Waals surface area contributed by atoms with Gasteiger partial charge in [-0.05, 0) is 18.6 Å². The predicted octanol–water partition coefficient (Wildman–Crippen LogP) is 6.99. The highest BCUT2D eigenvalue weighted by atomic mass is 16.5. The molecule has 0 fully saturated rings. The molecule has 0 aliphatic carbocycles. The molecule has 2 amide bonds. The normalized spacial score (nSPS) is 10.8. The first-order valence-corrected chi connectivity index (χ1v) is 12.4. The zero-order valence-electron chi connectivity index (χ0n) is 19.8. The summed E-state index contributed by atoms with van der Waals surface area (Å²) in [6.45, 7) is 2.27. The number of hydrogen-bond donors (Lipinski definition) is 2. The number of carbonyl (C=O) groups excluding carboxylic acids is 2. The van der Waals surface area contributed by atoms with Crippen LogP contribution in [0.2, 0.25) is 0 Å². The van der Waals surface area contributed by atoms with E-state index in [0.29, 0.717) is 23.4 Å². The predicted molar refractivity (Wildman–Crippen MR) is 130 cm³/mol. The molecule has 0 aliphatic heterocycles. The molecule has 0 radical (unpaired) electrons. The molecule has 3 N–H and O–H groups in total. The molecule has 0 aromatic heterocycles. The first kappa shape index (κ1) is 27.0. The number of nitrogens with one attached hydrogen (secondary N) is 1. The summed E-state index contributed by atoms with van der Waals surface area (Å²) in [5.74, 6) is -0.187. The second-order valence-electron chi connectivity index (χ2n) is 8.53. The maximum absolute atomic E-state index is 12.1. The second-order valence-corrected chi connectivity index (χ2v) is 8.53. The third-order valence-corrected chi connectivity index (χ3v) is 5.76. The lowest BCUT2D eigenvalue weighted by molar-refractivity contribution is -0.116. The van der Waals surface area contributed by atoms with E-state index in [-0.39, 0.29) is 5.91 Å². The zero-order chi connectivity index (χ0) is 22.7. The van der Waals surface area contributed by atoms with E-state index in [1.165, 1.54) is 90.6 Å². The van der Waals surface area contributed by atoms with Crippen molar-refractivity contribution in [2.24, 2.45) is 5.73 Å². The van der Waals surface area contributed by atoms with Crippen molar-refractivity contribution in [3.63, 3.8) is 0 Å². The molecule has 0 atom stereocenters. The Kier molecular flexibility index (Phi) is 15.3. The van der Waals surface area contributed by atoms with Crippen molar-refractivity contribution in [1.82, 2.24) is 0 Å². The molecule has 5 nitrogen and oxygen atoms in total. The van der Waals surface area contributed by atoms with Gasteiger partial charge in [-0.15, -0.1) is 0 Å². The topological polar surface area (TPSA) is 81.4 Å². The Morgan fingerprint density at radius 3 is 1.74 bits per heavy atom. The minimum Gasteiger partial charge on any atom is -0.496 e. The number of rotatable bonds is 19. The number of unbranched alkanes of at least 4 members (excludes halogenated alkanes) is 14. The lowest BCUT2D eigenvalue weighted by atomic mass is 10.0. The van der Waals surface area contributed by atoms with Crippen LogP contribution in [0, 0.1) is 0 Å². The number of ether oxygens (including phenoxy) is 1. The van der Waals surface area contributed by atoms with Crippen molar-refractivity contribution in [3.05, 3.63) is 23.8 Å². The van der Waals surface area contributed by atoms with Crippen molar-refractivity contribution >= 4 is 17.5 Å². The summed E-state index contributed by atoms with van der Waals surface area (Å²) in [6, 6.07) is 4.88. The van der Waals surface area contributed by atoms with Gasteiger partial charge in [0.1, 0.15) is 5.75 Å². The van der Waals surface area contributed by atoms with E-state index >= 15 is 0 Å². The SMILES string of the molecule is CCCCCCCCCCCCCCCCCC(=O)Nc1ccc(C(N)=O)c(OC)c1.